The number of anilines is 1. The normalized spacial score (nSPS) is 20.3. The van der Waals surface area contributed by atoms with Crippen molar-refractivity contribution in [1.29, 1.82) is 0 Å². The fourth-order valence-corrected chi connectivity index (χ4v) is 5.93. The molecular weight excluding hydrogens is 538 g/mol. The monoisotopic (exact) mass is 571 g/mol. The molecule has 3 aromatic carbocycles. The van der Waals surface area contributed by atoms with E-state index in [-0.39, 0.29) is 30.8 Å². The Bertz CT molecular complexity index is 1440. The number of amides is 2. The van der Waals surface area contributed by atoms with Crippen molar-refractivity contribution >= 4 is 23.5 Å². The van der Waals surface area contributed by atoms with Crippen molar-refractivity contribution in [2.45, 2.75) is 43.0 Å². The number of aromatic nitrogens is 1. The molecule has 1 aliphatic rings. The lowest BCUT2D eigenvalue weighted by molar-refractivity contribution is -0.645. The van der Waals surface area contributed by atoms with Gasteiger partial charge in [-0.05, 0) is 41.8 Å². The molecule has 1 aliphatic heterocycles. The van der Waals surface area contributed by atoms with Gasteiger partial charge in [-0.1, -0.05) is 78.5 Å². The number of nitrogens with zero attached hydrogens (tertiary/aromatic N) is 1. The molecule has 4 unspecified atom stereocenters. The highest BCUT2D eigenvalue weighted by molar-refractivity contribution is 7.99. The van der Waals surface area contributed by atoms with Crippen molar-refractivity contribution in [2.75, 3.05) is 17.6 Å². The van der Waals surface area contributed by atoms with E-state index in [4.69, 9.17) is 9.47 Å². The highest BCUT2D eigenvalue weighted by Crippen LogP contribution is 2.48. The Hall–Kier alpha value is -3.89. The molecular formula is C32H33N3O5S. The average Bonchev–Trinajstić information content (AvgIpc) is 3.01. The van der Waals surface area contributed by atoms with Gasteiger partial charge in [0.25, 0.3) is 5.03 Å². The van der Waals surface area contributed by atoms with E-state index in [0.717, 1.165) is 27.0 Å². The van der Waals surface area contributed by atoms with Crippen LogP contribution in [-0.2, 0) is 16.1 Å². The molecule has 8 nitrogen and oxygen atoms in total. The molecule has 0 aliphatic carbocycles. The average molecular weight is 572 g/mol. The predicted molar refractivity (Wildman–Crippen MR) is 158 cm³/mol. The number of ether oxygens (including phenoxy) is 2. The zero-order chi connectivity index (χ0) is 28.6. The summed E-state index contributed by atoms with van der Waals surface area (Å²) in [6, 6.07) is 30.4. The first-order valence-corrected chi connectivity index (χ1v) is 14.6. The predicted octanol–water partition coefficient (Wildman–Crippen LogP) is 5.69. The molecule has 212 valence electrons. The fourth-order valence-electron chi connectivity index (χ4n) is 4.94. The van der Waals surface area contributed by atoms with E-state index in [2.05, 4.69) is 22.8 Å². The zero-order valence-corrected chi connectivity index (χ0v) is 23.5. The Labute approximate surface area is 243 Å². The van der Waals surface area contributed by atoms with Gasteiger partial charge in [-0.3, -0.25) is 0 Å². The van der Waals surface area contributed by atoms with E-state index >= 15 is 0 Å². The van der Waals surface area contributed by atoms with E-state index < -0.39 is 6.29 Å². The number of nitrogens with one attached hydrogen (secondary N) is 2. The molecule has 9 heteroatoms. The Morgan fingerprint density at radius 3 is 2.41 bits per heavy atom. The van der Waals surface area contributed by atoms with Gasteiger partial charge in [0.2, 0.25) is 0 Å². The zero-order valence-electron chi connectivity index (χ0n) is 22.7. The summed E-state index contributed by atoms with van der Waals surface area (Å²) in [6.45, 7) is 2.33. The Morgan fingerprint density at radius 2 is 1.68 bits per heavy atom. The number of carbonyl (C=O) groups is 1. The minimum atomic E-state index is -0.728. The van der Waals surface area contributed by atoms with Gasteiger partial charge in [-0.2, -0.15) is 4.73 Å². The van der Waals surface area contributed by atoms with Crippen LogP contribution in [0.3, 0.4) is 0 Å². The van der Waals surface area contributed by atoms with E-state index in [1.807, 2.05) is 79.7 Å². The summed E-state index contributed by atoms with van der Waals surface area (Å²) < 4.78 is 14.3. The molecule has 0 bridgehead atoms. The number of aliphatic hydroxyl groups is 1. The van der Waals surface area contributed by atoms with Crippen LogP contribution >= 0.6 is 11.8 Å². The first kappa shape index (κ1) is 28.6. The standard InChI is InChI=1S/C32H33N3O5S/c1-2-33-32(37)34-26-12-8-11-25(19-26)31-39-27(21-41-28-13-6-7-18-35(28)38)29(23-9-4-3-5-10-23)30(40-31)24-16-14-22(20-36)15-17-24/h3-19,27,29-31,36H,2,20-21H2,1H3,(H2,33,34,37). The van der Waals surface area contributed by atoms with Gasteiger partial charge >= 0.3 is 6.03 Å². The van der Waals surface area contributed by atoms with Crippen LogP contribution in [0.5, 0.6) is 0 Å². The topological polar surface area (TPSA) is 107 Å². The second kappa shape index (κ2) is 13.6. The lowest BCUT2D eigenvalue weighted by Crippen LogP contribution is -2.39. The van der Waals surface area contributed by atoms with Gasteiger partial charge in [0.15, 0.2) is 12.5 Å². The van der Waals surface area contributed by atoms with E-state index in [9.17, 15) is 15.1 Å². The molecule has 1 fully saturated rings. The molecule has 41 heavy (non-hydrogen) atoms. The number of thioether (sulfide) groups is 1. The van der Waals surface area contributed by atoms with Crippen molar-refractivity contribution in [2.24, 2.45) is 0 Å². The summed E-state index contributed by atoms with van der Waals surface area (Å²) in [4.78, 5) is 12.2. The number of rotatable bonds is 9. The molecule has 1 saturated heterocycles. The molecule has 2 amide bonds. The number of hydrogen-bond donors (Lipinski definition) is 3. The SMILES string of the molecule is CCNC(=O)Nc1cccc(C2OC(CSc3cccc[n+]3[O-])C(c3ccccc3)C(c3ccc(CO)cc3)O2)c1. The van der Waals surface area contributed by atoms with Gasteiger partial charge in [-0.25, -0.2) is 4.79 Å². The quantitative estimate of drug-likeness (QED) is 0.136. The third kappa shape index (κ3) is 7.07. The first-order valence-electron chi connectivity index (χ1n) is 13.6. The van der Waals surface area contributed by atoms with Crippen molar-refractivity contribution in [3.8, 4) is 0 Å². The third-order valence-electron chi connectivity index (χ3n) is 6.91. The molecule has 3 N–H and O–H groups in total. The van der Waals surface area contributed by atoms with Crippen LogP contribution in [0.15, 0.2) is 108 Å². The van der Waals surface area contributed by atoms with Gasteiger partial charge in [-0.15, -0.1) is 0 Å². The molecule has 0 radical (unpaired) electrons. The van der Waals surface area contributed by atoms with Gasteiger partial charge in [0.05, 0.1) is 18.8 Å². The minimum Gasteiger partial charge on any atom is -0.618 e. The summed E-state index contributed by atoms with van der Waals surface area (Å²) in [5.41, 5.74) is 4.21. The summed E-state index contributed by atoms with van der Waals surface area (Å²) in [5, 5.41) is 28.2. The van der Waals surface area contributed by atoms with Crippen LogP contribution in [-0.4, -0.2) is 29.5 Å². The Kier molecular flexibility index (Phi) is 9.53. The molecule has 1 aromatic heterocycles. The van der Waals surface area contributed by atoms with Crippen LogP contribution < -0.4 is 15.4 Å². The molecule has 4 aromatic rings. The lowest BCUT2D eigenvalue weighted by Gasteiger charge is -2.43. The number of aliphatic hydroxyl groups excluding tert-OH is 1. The number of carbonyl (C=O) groups excluding carboxylic acids is 1. The van der Waals surface area contributed by atoms with Crippen LogP contribution in [0.2, 0.25) is 0 Å². The van der Waals surface area contributed by atoms with Crippen molar-refractivity contribution in [1.82, 2.24) is 5.32 Å². The van der Waals surface area contributed by atoms with E-state index in [1.54, 1.807) is 12.1 Å². The first-order chi connectivity index (χ1) is 20.1. The van der Waals surface area contributed by atoms with Crippen LogP contribution in [0.4, 0.5) is 10.5 Å². The maximum atomic E-state index is 12.4. The van der Waals surface area contributed by atoms with E-state index in [0.29, 0.717) is 23.0 Å². The summed E-state index contributed by atoms with van der Waals surface area (Å²) >= 11 is 1.44. The molecule has 0 saturated carbocycles. The second-order valence-corrected chi connectivity index (χ2v) is 10.7. The molecule has 4 atom stereocenters. The lowest BCUT2D eigenvalue weighted by atomic mass is 9.84. The third-order valence-corrected chi connectivity index (χ3v) is 8.02. The summed E-state index contributed by atoms with van der Waals surface area (Å²) in [5.74, 6) is 0.327. The second-order valence-electron chi connectivity index (χ2n) is 9.68. The highest BCUT2D eigenvalue weighted by Gasteiger charge is 2.42. The van der Waals surface area contributed by atoms with Gasteiger partial charge in [0, 0.05) is 41.6 Å². The van der Waals surface area contributed by atoms with Crippen molar-refractivity contribution in [3.63, 3.8) is 0 Å². The van der Waals surface area contributed by atoms with Gasteiger partial charge < -0.3 is 30.4 Å². The fraction of sp³-hybridized carbons (Fsp3) is 0.250. The highest BCUT2D eigenvalue weighted by atomic mass is 32.2. The van der Waals surface area contributed by atoms with Crippen molar-refractivity contribution < 1.29 is 24.1 Å². The van der Waals surface area contributed by atoms with Crippen LogP contribution in [0.1, 0.15) is 47.5 Å². The summed E-state index contributed by atoms with van der Waals surface area (Å²) in [6.07, 6.45) is 0.0475. The number of hydrogen-bond acceptors (Lipinski definition) is 6. The Morgan fingerprint density at radius 1 is 0.927 bits per heavy atom. The van der Waals surface area contributed by atoms with Gasteiger partial charge in [0.1, 0.15) is 0 Å². The number of urea groups is 1. The smallest absolute Gasteiger partial charge is 0.319 e. The summed E-state index contributed by atoms with van der Waals surface area (Å²) in [7, 11) is 0. The molecule has 5 rings (SSSR count). The maximum absolute atomic E-state index is 12.4. The van der Waals surface area contributed by atoms with Crippen LogP contribution in [0.25, 0.3) is 0 Å². The number of benzene rings is 3. The van der Waals surface area contributed by atoms with E-state index in [1.165, 1.54) is 18.0 Å². The molecule has 0 spiro atoms. The minimum absolute atomic E-state index is 0.0450. The van der Waals surface area contributed by atoms with Crippen LogP contribution in [0, 0.1) is 5.21 Å². The number of pyridine rings is 1. The van der Waals surface area contributed by atoms with Crippen molar-refractivity contribution in [3.05, 3.63) is 131 Å². The maximum Gasteiger partial charge on any atom is 0.319 e. The largest absolute Gasteiger partial charge is 0.618 e. The Balaban J connectivity index is 1.52. The molecule has 2 heterocycles.